The molecular weight excluding hydrogens is 286 g/mol. The summed E-state index contributed by atoms with van der Waals surface area (Å²) in [6.45, 7) is 1.12. The fourth-order valence-corrected chi connectivity index (χ4v) is 2.90. The molecule has 0 fully saturated rings. The SMILES string of the molecule is COCCn1c(SCC(=O)O)nnc1-c1cccs1. The van der Waals surface area contributed by atoms with Crippen LogP contribution in [0.1, 0.15) is 0 Å². The second kappa shape index (κ2) is 6.69. The van der Waals surface area contributed by atoms with Crippen molar-refractivity contribution < 1.29 is 14.6 Å². The first-order valence-corrected chi connectivity index (χ1v) is 7.39. The zero-order valence-corrected chi connectivity index (χ0v) is 11.9. The molecule has 0 amide bonds. The Morgan fingerprint density at radius 3 is 3.05 bits per heavy atom. The molecule has 0 atom stereocenters. The Kier molecular flexibility index (Phi) is 4.94. The molecule has 0 saturated heterocycles. The minimum absolute atomic E-state index is 0.0322. The van der Waals surface area contributed by atoms with Crippen molar-refractivity contribution >= 4 is 29.1 Å². The average molecular weight is 299 g/mol. The molecule has 2 rings (SSSR count). The van der Waals surface area contributed by atoms with Gasteiger partial charge in [0.1, 0.15) is 0 Å². The zero-order chi connectivity index (χ0) is 13.7. The quantitative estimate of drug-likeness (QED) is 0.786. The molecule has 0 aliphatic carbocycles. The third-order valence-electron chi connectivity index (χ3n) is 2.30. The maximum atomic E-state index is 10.6. The second-order valence-electron chi connectivity index (χ2n) is 3.61. The molecule has 0 bridgehead atoms. The first-order chi connectivity index (χ1) is 9.22. The Morgan fingerprint density at radius 2 is 2.42 bits per heavy atom. The number of aromatic nitrogens is 3. The van der Waals surface area contributed by atoms with E-state index in [1.807, 2.05) is 22.1 Å². The van der Waals surface area contributed by atoms with Gasteiger partial charge in [0.2, 0.25) is 0 Å². The maximum Gasteiger partial charge on any atom is 0.313 e. The molecule has 1 N–H and O–H groups in total. The molecular formula is C11H13N3O3S2. The monoisotopic (exact) mass is 299 g/mol. The zero-order valence-electron chi connectivity index (χ0n) is 10.3. The number of carboxylic acid groups (broad SMARTS) is 1. The van der Waals surface area contributed by atoms with Crippen molar-refractivity contribution in [3.63, 3.8) is 0 Å². The summed E-state index contributed by atoms with van der Waals surface area (Å²) >= 11 is 2.73. The number of thioether (sulfide) groups is 1. The highest BCUT2D eigenvalue weighted by Gasteiger charge is 2.15. The normalized spacial score (nSPS) is 10.8. The Morgan fingerprint density at radius 1 is 1.58 bits per heavy atom. The maximum absolute atomic E-state index is 10.6. The smallest absolute Gasteiger partial charge is 0.313 e. The van der Waals surface area contributed by atoms with Crippen molar-refractivity contribution in [2.24, 2.45) is 0 Å². The molecule has 0 saturated carbocycles. The van der Waals surface area contributed by atoms with Gasteiger partial charge >= 0.3 is 5.97 Å². The molecule has 6 nitrogen and oxygen atoms in total. The van der Waals surface area contributed by atoms with Gasteiger partial charge in [-0.2, -0.15) is 0 Å². The Hall–Kier alpha value is -1.38. The number of carbonyl (C=O) groups is 1. The number of ether oxygens (including phenoxy) is 1. The van der Waals surface area contributed by atoms with Crippen molar-refractivity contribution in [2.45, 2.75) is 11.7 Å². The van der Waals surface area contributed by atoms with Gasteiger partial charge in [-0.05, 0) is 11.4 Å². The predicted molar refractivity (Wildman–Crippen MR) is 73.6 cm³/mol. The van der Waals surface area contributed by atoms with E-state index in [0.29, 0.717) is 18.3 Å². The molecule has 0 aliphatic rings. The van der Waals surface area contributed by atoms with Crippen LogP contribution in [-0.2, 0) is 16.1 Å². The summed E-state index contributed by atoms with van der Waals surface area (Å²) in [6, 6.07) is 3.91. The lowest BCUT2D eigenvalue weighted by atomic mass is 10.4. The molecule has 0 spiro atoms. The van der Waals surface area contributed by atoms with Crippen molar-refractivity contribution in [2.75, 3.05) is 19.5 Å². The van der Waals surface area contributed by atoms with Gasteiger partial charge < -0.3 is 9.84 Å². The van der Waals surface area contributed by atoms with E-state index in [1.54, 1.807) is 18.4 Å². The average Bonchev–Trinajstić information content (AvgIpc) is 3.02. The van der Waals surface area contributed by atoms with Gasteiger partial charge in [-0.1, -0.05) is 17.8 Å². The number of nitrogens with zero attached hydrogens (tertiary/aromatic N) is 3. The summed E-state index contributed by atoms with van der Waals surface area (Å²) in [5.74, 6) is -0.154. The van der Waals surface area contributed by atoms with E-state index in [-0.39, 0.29) is 5.75 Å². The van der Waals surface area contributed by atoms with Gasteiger partial charge in [0, 0.05) is 7.11 Å². The van der Waals surface area contributed by atoms with Crippen LogP contribution in [0.25, 0.3) is 10.7 Å². The van der Waals surface area contributed by atoms with Crippen LogP contribution in [0.5, 0.6) is 0 Å². The van der Waals surface area contributed by atoms with Gasteiger partial charge in [0.05, 0.1) is 23.8 Å². The summed E-state index contributed by atoms with van der Waals surface area (Å²) in [4.78, 5) is 11.6. The van der Waals surface area contributed by atoms with Crippen LogP contribution in [-0.4, -0.2) is 45.3 Å². The molecule has 102 valence electrons. The number of rotatable bonds is 7. The Labute approximate surface area is 118 Å². The van der Waals surface area contributed by atoms with E-state index in [0.717, 1.165) is 22.5 Å². The highest BCUT2D eigenvalue weighted by molar-refractivity contribution is 7.99. The van der Waals surface area contributed by atoms with Crippen LogP contribution in [0.2, 0.25) is 0 Å². The number of hydrogen-bond acceptors (Lipinski definition) is 6. The van der Waals surface area contributed by atoms with Crippen molar-refractivity contribution in [1.29, 1.82) is 0 Å². The molecule has 2 aromatic rings. The molecule has 2 aromatic heterocycles. The van der Waals surface area contributed by atoms with Crippen molar-refractivity contribution in [3.05, 3.63) is 17.5 Å². The lowest BCUT2D eigenvalue weighted by Crippen LogP contribution is -2.08. The summed E-state index contributed by atoms with van der Waals surface area (Å²) in [5.41, 5.74) is 0. The van der Waals surface area contributed by atoms with E-state index in [2.05, 4.69) is 10.2 Å². The highest BCUT2D eigenvalue weighted by Crippen LogP contribution is 2.27. The third kappa shape index (κ3) is 3.55. The van der Waals surface area contributed by atoms with E-state index in [1.165, 1.54) is 0 Å². The van der Waals surface area contributed by atoms with Gasteiger partial charge in [0.15, 0.2) is 11.0 Å². The Bertz CT molecular complexity index is 539. The minimum Gasteiger partial charge on any atom is -0.481 e. The van der Waals surface area contributed by atoms with E-state index in [9.17, 15) is 4.79 Å². The number of hydrogen-bond donors (Lipinski definition) is 1. The summed E-state index contributed by atoms with van der Waals surface area (Å²) in [5, 5.41) is 19.5. The van der Waals surface area contributed by atoms with E-state index < -0.39 is 5.97 Å². The van der Waals surface area contributed by atoms with Crippen LogP contribution >= 0.6 is 23.1 Å². The molecule has 8 heteroatoms. The predicted octanol–water partition coefficient (Wildman–Crippen LogP) is 1.83. The van der Waals surface area contributed by atoms with Gasteiger partial charge in [-0.25, -0.2) is 0 Å². The summed E-state index contributed by atoms with van der Waals surface area (Å²) < 4.78 is 6.96. The molecule has 0 unspecified atom stereocenters. The molecule has 2 heterocycles. The van der Waals surface area contributed by atoms with Crippen LogP contribution in [0.15, 0.2) is 22.7 Å². The lowest BCUT2D eigenvalue weighted by Gasteiger charge is -2.07. The van der Waals surface area contributed by atoms with Gasteiger partial charge in [-0.15, -0.1) is 21.5 Å². The largest absolute Gasteiger partial charge is 0.481 e. The summed E-state index contributed by atoms with van der Waals surface area (Å²) in [6.07, 6.45) is 0. The first-order valence-electron chi connectivity index (χ1n) is 5.53. The standard InChI is InChI=1S/C11H13N3O3S2/c1-17-5-4-14-10(8-3-2-6-18-8)12-13-11(14)19-7-9(15)16/h2-3,6H,4-5,7H2,1H3,(H,15,16). The topological polar surface area (TPSA) is 77.2 Å². The van der Waals surface area contributed by atoms with Crippen molar-refractivity contribution in [1.82, 2.24) is 14.8 Å². The fourth-order valence-electron chi connectivity index (χ4n) is 1.49. The van der Waals surface area contributed by atoms with Gasteiger partial charge in [-0.3, -0.25) is 9.36 Å². The van der Waals surface area contributed by atoms with Crippen LogP contribution in [0.3, 0.4) is 0 Å². The van der Waals surface area contributed by atoms with E-state index >= 15 is 0 Å². The van der Waals surface area contributed by atoms with Crippen LogP contribution in [0, 0.1) is 0 Å². The van der Waals surface area contributed by atoms with E-state index in [4.69, 9.17) is 9.84 Å². The number of thiophene rings is 1. The highest BCUT2D eigenvalue weighted by atomic mass is 32.2. The number of methoxy groups -OCH3 is 1. The molecule has 0 radical (unpaired) electrons. The number of aliphatic carboxylic acids is 1. The lowest BCUT2D eigenvalue weighted by molar-refractivity contribution is -0.133. The van der Waals surface area contributed by atoms with Crippen LogP contribution < -0.4 is 0 Å². The van der Waals surface area contributed by atoms with Crippen LogP contribution in [0.4, 0.5) is 0 Å². The second-order valence-corrected chi connectivity index (χ2v) is 5.50. The first kappa shape index (κ1) is 14.0. The summed E-state index contributed by atoms with van der Waals surface area (Å²) in [7, 11) is 1.62. The third-order valence-corrected chi connectivity index (χ3v) is 4.12. The minimum atomic E-state index is -0.871. The van der Waals surface area contributed by atoms with Crippen molar-refractivity contribution in [3.8, 4) is 10.7 Å². The van der Waals surface area contributed by atoms with Gasteiger partial charge in [0.25, 0.3) is 0 Å². The molecule has 0 aromatic carbocycles. The number of carboxylic acids is 1. The Balaban J connectivity index is 2.25. The fraction of sp³-hybridized carbons (Fsp3) is 0.364. The molecule has 19 heavy (non-hydrogen) atoms. The molecule has 0 aliphatic heterocycles.